The van der Waals surface area contributed by atoms with E-state index >= 15 is 0 Å². The van der Waals surface area contributed by atoms with Crippen LogP contribution >= 0.6 is 27.5 Å². The highest BCUT2D eigenvalue weighted by Crippen LogP contribution is 2.25. The largest absolute Gasteiger partial charge is 0.299 e. The van der Waals surface area contributed by atoms with Gasteiger partial charge in [-0.15, -0.1) is 0 Å². The molecule has 0 amide bonds. The molecular formula is C8H10BrClN2O2S. The maximum Gasteiger partial charge on any atom is 0.299 e. The normalized spacial score (nSPS) is 11.4. The molecule has 1 aromatic rings. The van der Waals surface area contributed by atoms with E-state index in [9.17, 15) is 8.42 Å². The Morgan fingerprint density at radius 1 is 1.47 bits per heavy atom. The standard InChI is InChI=1S/C8H10BrClN2O2S/c1-2-11-15(13,14)12-6-3-4-8(10)7(9)5-6/h3-5,11-12H,2H2,1H3. The predicted octanol–water partition coefficient (Wildman–Crippen LogP) is 2.37. The lowest BCUT2D eigenvalue weighted by molar-refractivity contribution is 0.589. The minimum Gasteiger partial charge on any atom is -0.271 e. The molecule has 0 unspecified atom stereocenters. The topological polar surface area (TPSA) is 58.2 Å². The van der Waals surface area contributed by atoms with Crippen molar-refractivity contribution >= 4 is 43.4 Å². The highest BCUT2D eigenvalue weighted by molar-refractivity contribution is 9.10. The summed E-state index contributed by atoms with van der Waals surface area (Å²) in [6.45, 7) is 2.04. The molecule has 84 valence electrons. The maximum absolute atomic E-state index is 11.3. The zero-order valence-electron chi connectivity index (χ0n) is 7.92. The zero-order valence-corrected chi connectivity index (χ0v) is 11.1. The number of nitrogens with one attached hydrogen (secondary N) is 2. The average Bonchev–Trinajstić information content (AvgIpc) is 2.10. The zero-order chi connectivity index (χ0) is 11.5. The van der Waals surface area contributed by atoms with Gasteiger partial charge in [-0.1, -0.05) is 18.5 Å². The molecule has 0 radical (unpaired) electrons. The van der Waals surface area contributed by atoms with Crippen LogP contribution in [0.3, 0.4) is 0 Å². The van der Waals surface area contributed by atoms with Gasteiger partial charge in [0.15, 0.2) is 0 Å². The molecule has 0 aliphatic carbocycles. The molecule has 0 aliphatic heterocycles. The Kier molecular flexibility index (Phi) is 4.39. The number of hydrogen-bond acceptors (Lipinski definition) is 2. The molecule has 0 saturated carbocycles. The van der Waals surface area contributed by atoms with E-state index in [2.05, 4.69) is 25.4 Å². The third-order valence-corrected chi connectivity index (χ3v) is 3.89. The Hall–Kier alpha value is -0.300. The van der Waals surface area contributed by atoms with Gasteiger partial charge in [0.25, 0.3) is 10.2 Å². The van der Waals surface area contributed by atoms with Crippen molar-refractivity contribution in [2.24, 2.45) is 0 Å². The van der Waals surface area contributed by atoms with Crippen molar-refractivity contribution in [1.29, 1.82) is 0 Å². The quantitative estimate of drug-likeness (QED) is 0.896. The minimum absolute atomic E-state index is 0.337. The van der Waals surface area contributed by atoms with Gasteiger partial charge in [0, 0.05) is 11.0 Å². The van der Waals surface area contributed by atoms with Gasteiger partial charge in [-0.05, 0) is 34.1 Å². The van der Waals surface area contributed by atoms with Gasteiger partial charge in [-0.2, -0.15) is 13.1 Å². The van der Waals surface area contributed by atoms with Crippen molar-refractivity contribution in [1.82, 2.24) is 4.72 Å². The molecule has 0 spiro atoms. The molecule has 1 rings (SSSR count). The average molecular weight is 314 g/mol. The van der Waals surface area contributed by atoms with Gasteiger partial charge < -0.3 is 0 Å². The maximum atomic E-state index is 11.3. The van der Waals surface area contributed by atoms with Crippen LogP contribution in [-0.4, -0.2) is 15.0 Å². The van der Waals surface area contributed by atoms with Crippen LogP contribution in [0.5, 0.6) is 0 Å². The first-order valence-corrected chi connectivity index (χ1v) is 6.82. The molecule has 2 N–H and O–H groups in total. The van der Waals surface area contributed by atoms with Crippen molar-refractivity contribution in [2.45, 2.75) is 6.92 Å². The lowest BCUT2D eigenvalue weighted by atomic mass is 10.3. The van der Waals surface area contributed by atoms with E-state index in [4.69, 9.17) is 11.6 Å². The molecule has 1 aromatic carbocycles. The summed E-state index contributed by atoms with van der Waals surface area (Å²) in [5.74, 6) is 0. The van der Waals surface area contributed by atoms with E-state index in [1.807, 2.05) is 0 Å². The Labute approximate surface area is 102 Å². The fourth-order valence-corrected chi connectivity index (χ4v) is 2.33. The predicted molar refractivity (Wildman–Crippen MR) is 65.4 cm³/mol. The molecule has 0 aliphatic rings. The van der Waals surface area contributed by atoms with Crippen LogP contribution in [0, 0.1) is 0 Å². The summed E-state index contributed by atoms with van der Waals surface area (Å²) < 4.78 is 28.0. The third kappa shape index (κ3) is 3.98. The second kappa shape index (κ2) is 5.16. The first kappa shape index (κ1) is 12.8. The van der Waals surface area contributed by atoms with Gasteiger partial charge in [0.1, 0.15) is 0 Å². The molecule has 0 fully saturated rings. The van der Waals surface area contributed by atoms with Crippen molar-refractivity contribution < 1.29 is 8.42 Å². The number of hydrogen-bond donors (Lipinski definition) is 2. The van der Waals surface area contributed by atoms with E-state index in [1.165, 1.54) is 0 Å². The van der Waals surface area contributed by atoms with Crippen LogP contribution in [0.4, 0.5) is 5.69 Å². The highest BCUT2D eigenvalue weighted by Gasteiger charge is 2.08. The van der Waals surface area contributed by atoms with Crippen LogP contribution in [0.2, 0.25) is 5.02 Å². The van der Waals surface area contributed by atoms with E-state index in [0.29, 0.717) is 21.7 Å². The number of anilines is 1. The van der Waals surface area contributed by atoms with Crippen molar-refractivity contribution in [3.05, 3.63) is 27.7 Å². The molecule has 0 saturated heterocycles. The summed E-state index contributed by atoms with van der Waals surface area (Å²) in [6.07, 6.45) is 0. The number of rotatable bonds is 4. The van der Waals surface area contributed by atoms with E-state index < -0.39 is 10.2 Å². The molecule has 0 atom stereocenters. The van der Waals surface area contributed by atoms with E-state index in [-0.39, 0.29) is 0 Å². The van der Waals surface area contributed by atoms with Crippen LogP contribution in [-0.2, 0) is 10.2 Å². The summed E-state index contributed by atoms with van der Waals surface area (Å²) in [5, 5.41) is 0.529. The second-order valence-corrected chi connectivity index (χ2v) is 5.49. The van der Waals surface area contributed by atoms with Crippen LogP contribution in [0.1, 0.15) is 6.92 Å². The number of halogens is 2. The Morgan fingerprint density at radius 3 is 2.67 bits per heavy atom. The molecule has 0 aromatic heterocycles. The lowest BCUT2D eigenvalue weighted by Crippen LogP contribution is -2.29. The SMILES string of the molecule is CCNS(=O)(=O)Nc1ccc(Cl)c(Br)c1. The Balaban J connectivity index is 2.86. The molecule has 0 heterocycles. The fraction of sp³-hybridized carbons (Fsp3) is 0.250. The van der Waals surface area contributed by atoms with E-state index in [0.717, 1.165) is 0 Å². The van der Waals surface area contributed by atoms with Crippen molar-refractivity contribution in [2.75, 3.05) is 11.3 Å². The van der Waals surface area contributed by atoms with Crippen LogP contribution in [0.15, 0.2) is 22.7 Å². The van der Waals surface area contributed by atoms with E-state index in [1.54, 1.807) is 25.1 Å². The Morgan fingerprint density at radius 2 is 2.13 bits per heavy atom. The molecular weight excluding hydrogens is 304 g/mol. The fourth-order valence-electron chi connectivity index (χ4n) is 0.941. The third-order valence-electron chi connectivity index (χ3n) is 1.51. The van der Waals surface area contributed by atoms with Gasteiger partial charge in [-0.25, -0.2) is 0 Å². The second-order valence-electron chi connectivity index (χ2n) is 2.73. The van der Waals surface area contributed by atoms with Gasteiger partial charge in [0.05, 0.1) is 10.7 Å². The summed E-state index contributed by atoms with van der Waals surface area (Å²) >= 11 is 8.98. The lowest BCUT2D eigenvalue weighted by Gasteiger charge is -2.08. The highest BCUT2D eigenvalue weighted by atomic mass is 79.9. The Bertz CT molecular complexity index is 450. The van der Waals surface area contributed by atoms with Crippen molar-refractivity contribution in [3.63, 3.8) is 0 Å². The number of benzene rings is 1. The van der Waals surface area contributed by atoms with Gasteiger partial charge in [0.2, 0.25) is 0 Å². The minimum atomic E-state index is -3.48. The van der Waals surface area contributed by atoms with Gasteiger partial charge >= 0.3 is 0 Å². The molecule has 4 nitrogen and oxygen atoms in total. The van der Waals surface area contributed by atoms with Crippen LogP contribution in [0.25, 0.3) is 0 Å². The van der Waals surface area contributed by atoms with Crippen LogP contribution < -0.4 is 9.44 Å². The summed E-state index contributed by atoms with van der Waals surface area (Å²) in [4.78, 5) is 0. The van der Waals surface area contributed by atoms with Crippen molar-refractivity contribution in [3.8, 4) is 0 Å². The smallest absolute Gasteiger partial charge is 0.271 e. The summed E-state index contributed by atoms with van der Waals surface area (Å²) in [6, 6.07) is 4.79. The molecule has 0 bridgehead atoms. The molecule has 15 heavy (non-hydrogen) atoms. The van der Waals surface area contributed by atoms with Gasteiger partial charge in [-0.3, -0.25) is 4.72 Å². The summed E-state index contributed by atoms with van der Waals surface area (Å²) in [5.41, 5.74) is 0.451. The monoisotopic (exact) mass is 312 g/mol. The first-order valence-electron chi connectivity index (χ1n) is 4.17. The first-order chi connectivity index (χ1) is 6.94. The summed E-state index contributed by atoms with van der Waals surface area (Å²) in [7, 11) is -3.48. The molecule has 7 heteroatoms.